The molecule has 2 heteroatoms. The van der Waals surface area contributed by atoms with Gasteiger partial charge < -0.3 is 0 Å². The van der Waals surface area contributed by atoms with Gasteiger partial charge in [0.2, 0.25) is 0 Å². The number of aryl methyl sites for hydroxylation is 1. The Labute approximate surface area is 60.3 Å². The van der Waals surface area contributed by atoms with Crippen LogP contribution in [0.1, 0.15) is 11.3 Å². The van der Waals surface area contributed by atoms with E-state index < -0.39 is 0 Å². The van der Waals surface area contributed by atoms with Gasteiger partial charge in [0, 0.05) is 11.3 Å². The Morgan fingerprint density at radius 3 is 3.00 bits per heavy atom. The molecular weight excluding hydrogens is 124 g/mol. The monoisotopic (exact) mass is 134 g/mol. The summed E-state index contributed by atoms with van der Waals surface area (Å²) in [7, 11) is 0. The zero-order chi connectivity index (χ0) is 7.40. The van der Waals surface area contributed by atoms with Crippen LogP contribution in [0.2, 0.25) is 0 Å². The third kappa shape index (κ3) is 1.35. The fourth-order valence-corrected chi connectivity index (χ4v) is 0.700. The number of nitrogens with zero attached hydrogens (tertiary/aromatic N) is 1. The number of H-pyrrole nitrogens is 1. The van der Waals surface area contributed by atoms with E-state index in [1.807, 2.05) is 19.1 Å². The fourth-order valence-electron chi connectivity index (χ4n) is 0.700. The first-order chi connectivity index (χ1) is 4.84. The van der Waals surface area contributed by atoms with Gasteiger partial charge in [0.25, 0.3) is 0 Å². The van der Waals surface area contributed by atoms with Crippen LogP contribution in [0.3, 0.4) is 0 Å². The molecule has 0 saturated heterocycles. The van der Waals surface area contributed by atoms with Gasteiger partial charge in [0.1, 0.15) is 0 Å². The van der Waals surface area contributed by atoms with Crippen molar-refractivity contribution in [1.29, 1.82) is 0 Å². The molecule has 0 unspecified atom stereocenters. The molecule has 0 saturated carbocycles. The number of hydrogen-bond acceptors (Lipinski definition) is 1. The summed E-state index contributed by atoms with van der Waals surface area (Å²) in [5.41, 5.74) is 2.19. The van der Waals surface area contributed by atoms with E-state index in [0.717, 1.165) is 11.3 Å². The third-order valence-corrected chi connectivity index (χ3v) is 1.28. The van der Waals surface area contributed by atoms with Gasteiger partial charge in [0.15, 0.2) is 0 Å². The molecule has 52 valence electrons. The quantitative estimate of drug-likeness (QED) is 0.615. The maximum absolute atomic E-state index is 3.86. The highest BCUT2D eigenvalue weighted by atomic mass is 15.1. The molecule has 0 bridgehead atoms. The van der Waals surface area contributed by atoms with Crippen molar-refractivity contribution in [3.63, 3.8) is 0 Å². The summed E-state index contributed by atoms with van der Waals surface area (Å²) in [6, 6.07) is 0. The van der Waals surface area contributed by atoms with Crippen molar-refractivity contribution in [3.05, 3.63) is 36.2 Å². The Morgan fingerprint density at radius 2 is 2.50 bits per heavy atom. The van der Waals surface area contributed by atoms with E-state index in [4.69, 9.17) is 0 Å². The Bertz CT molecular complexity index is 246. The lowest BCUT2D eigenvalue weighted by Crippen LogP contribution is -1.72. The van der Waals surface area contributed by atoms with Crippen LogP contribution in [-0.4, -0.2) is 10.2 Å². The van der Waals surface area contributed by atoms with Gasteiger partial charge in [-0.1, -0.05) is 24.8 Å². The zero-order valence-corrected chi connectivity index (χ0v) is 5.96. The molecule has 0 aromatic carbocycles. The summed E-state index contributed by atoms with van der Waals surface area (Å²) in [5, 5.41) is 6.71. The average Bonchev–Trinajstić information content (AvgIpc) is 2.31. The van der Waals surface area contributed by atoms with Crippen LogP contribution in [0.4, 0.5) is 0 Å². The number of rotatable bonds is 2. The molecular formula is C8H10N2. The summed E-state index contributed by atoms with van der Waals surface area (Å²) >= 11 is 0. The second-order valence-corrected chi connectivity index (χ2v) is 2.05. The van der Waals surface area contributed by atoms with Crippen molar-refractivity contribution in [2.45, 2.75) is 6.92 Å². The first-order valence-electron chi connectivity index (χ1n) is 3.13. The van der Waals surface area contributed by atoms with E-state index >= 15 is 0 Å². The average molecular weight is 134 g/mol. The Hall–Kier alpha value is -1.31. The highest BCUT2D eigenvalue weighted by Gasteiger charge is 1.91. The van der Waals surface area contributed by atoms with Gasteiger partial charge in [0.05, 0.1) is 6.20 Å². The summed E-state index contributed by atoms with van der Waals surface area (Å²) in [6.07, 6.45) is 7.38. The molecule has 10 heavy (non-hydrogen) atoms. The standard InChI is InChI=1S/C8H10N2/c1-3-4-5-8-6-9-10-7(8)2/h3-6H,1H2,2H3,(H,9,10). The first-order valence-corrected chi connectivity index (χ1v) is 3.13. The SMILES string of the molecule is C=CC=Cc1cn[nH]c1C. The molecule has 1 aromatic rings. The van der Waals surface area contributed by atoms with Crippen LogP contribution in [0, 0.1) is 6.92 Å². The lowest BCUT2D eigenvalue weighted by Gasteiger charge is -1.84. The van der Waals surface area contributed by atoms with Crippen molar-refractivity contribution in [3.8, 4) is 0 Å². The first kappa shape index (κ1) is 6.81. The highest BCUT2D eigenvalue weighted by molar-refractivity contribution is 5.51. The Balaban J connectivity index is 2.83. The van der Waals surface area contributed by atoms with Crippen LogP contribution in [0.15, 0.2) is 24.9 Å². The van der Waals surface area contributed by atoms with Crippen molar-refractivity contribution >= 4 is 6.08 Å². The molecule has 1 aromatic heterocycles. The van der Waals surface area contributed by atoms with E-state index in [2.05, 4.69) is 16.8 Å². The van der Waals surface area contributed by atoms with Gasteiger partial charge in [-0.25, -0.2) is 0 Å². The minimum absolute atomic E-state index is 1.08. The fraction of sp³-hybridized carbons (Fsp3) is 0.125. The van der Waals surface area contributed by atoms with Gasteiger partial charge in [-0.15, -0.1) is 0 Å². The second kappa shape index (κ2) is 3.01. The van der Waals surface area contributed by atoms with Crippen molar-refractivity contribution < 1.29 is 0 Å². The highest BCUT2D eigenvalue weighted by Crippen LogP contribution is 2.03. The van der Waals surface area contributed by atoms with E-state index in [-0.39, 0.29) is 0 Å². The topological polar surface area (TPSA) is 28.7 Å². The van der Waals surface area contributed by atoms with Crippen LogP contribution in [0.25, 0.3) is 6.08 Å². The number of aromatic amines is 1. The molecule has 0 spiro atoms. The van der Waals surface area contributed by atoms with Crippen LogP contribution < -0.4 is 0 Å². The maximum atomic E-state index is 3.86. The normalized spacial score (nSPS) is 10.5. The zero-order valence-electron chi connectivity index (χ0n) is 5.96. The number of nitrogens with one attached hydrogen (secondary N) is 1. The molecule has 1 heterocycles. The molecule has 1 N–H and O–H groups in total. The molecule has 1 rings (SSSR count). The van der Waals surface area contributed by atoms with Gasteiger partial charge >= 0.3 is 0 Å². The van der Waals surface area contributed by atoms with Gasteiger partial charge in [-0.3, -0.25) is 5.10 Å². The minimum Gasteiger partial charge on any atom is -0.282 e. The lowest BCUT2D eigenvalue weighted by molar-refractivity contribution is 1.05. The van der Waals surface area contributed by atoms with Crippen molar-refractivity contribution in [2.24, 2.45) is 0 Å². The van der Waals surface area contributed by atoms with E-state index in [0.29, 0.717) is 0 Å². The van der Waals surface area contributed by atoms with Crippen molar-refractivity contribution in [2.75, 3.05) is 0 Å². The Kier molecular flexibility index (Phi) is 2.05. The van der Waals surface area contributed by atoms with Crippen LogP contribution in [0.5, 0.6) is 0 Å². The molecule has 0 amide bonds. The molecule has 0 atom stereocenters. The van der Waals surface area contributed by atoms with Crippen LogP contribution >= 0.6 is 0 Å². The molecule has 0 aliphatic rings. The smallest absolute Gasteiger partial charge is 0.0562 e. The largest absolute Gasteiger partial charge is 0.282 e. The Morgan fingerprint density at radius 1 is 1.70 bits per heavy atom. The molecule has 0 aliphatic heterocycles. The number of allylic oxidation sites excluding steroid dienone is 2. The summed E-state index contributed by atoms with van der Waals surface area (Å²) in [6.45, 7) is 5.55. The summed E-state index contributed by atoms with van der Waals surface area (Å²) in [5.74, 6) is 0. The van der Waals surface area contributed by atoms with Gasteiger partial charge in [-0.05, 0) is 6.92 Å². The number of aromatic nitrogens is 2. The molecule has 2 nitrogen and oxygen atoms in total. The van der Waals surface area contributed by atoms with E-state index in [1.165, 1.54) is 0 Å². The lowest BCUT2D eigenvalue weighted by atomic mass is 10.2. The van der Waals surface area contributed by atoms with E-state index in [9.17, 15) is 0 Å². The second-order valence-electron chi connectivity index (χ2n) is 2.05. The van der Waals surface area contributed by atoms with E-state index in [1.54, 1.807) is 12.3 Å². The molecule has 0 radical (unpaired) electrons. The third-order valence-electron chi connectivity index (χ3n) is 1.28. The molecule has 0 fully saturated rings. The molecule has 0 aliphatic carbocycles. The van der Waals surface area contributed by atoms with Crippen LogP contribution in [-0.2, 0) is 0 Å². The predicted octanol–water partition coefficient (Wildman–Crippen LogP) is 1.92. The van der Waals surface area contributed by atoms with Gasteiger partial charge in [-0.2, -0.15) is 5.10 Å². The summed E-state index contributed by atoms with van der Waals surface area (Å²) in [4.78, 5) is 0. The maximum Gasteiger partial charge on any atom is 0.0562 e. The predicted molar refractivity (Wildman–Crippen MR) is 42.6 cm³/mol. The van der Waals surface area contributed by atoms with Crippen molar-refractivity contribution in [1.82, 2.24) is 10.2 Å². The minimum atomic E-state index is 1.08. The number of hydrogen-bond donors (Lipinski definition) is 1. The summed E-state index contributed by atoms with van der Waals surface area (Å²) < 4.78 is 0.